The number of carbonyl (C=O) groups excluding carboxylic acids is 2. The van der Waals surface area contributed by atoms with Crippen LogP contribution in [0.15, 0.2) is 48.5 Å². The summed E-state index contributed by atoms with van der Waals surface area (Å²) in [4.78, 5) is 24.7. The van der Waals surface area contributed by atoms with Gasteiger partial charge in [-0.25, -0.2) is 14.0 Å². The minimum atomic E-state index is -5.30. The fraction of sp³-hybridized carbons (Fsp3) is 0.222. The lowest BCUT2D eigenvalue weighted by Gasteiger charge is -2.34. The summed E-state index contributed by atoms with van der Waals surface area (Å²) < 4.78 is 59.9. The van der Waals surface area contributed by atoms with Crippen LogP contribution in [0.5, 0.6) is 0 Å². The molecule has 0 saturated heterocycles. The molecule has 0 aliphatic rings. The predicted octanol–water partition coefficient (Wildman–Crippen LogP) is 4.62. The molecule has 0 spiro atoms. The lowest BCUT2D eigenvalue weighted by Crippen LogP contribution is -2.62. The van der Waals surface area contributed by atoms with Gasteiger partial charge in [-0.1, -0.05) is 35.9 Å². The average molecular weight is 419 g/mol. The Balaban J connectivity index is 2.50. The molecular formula is C18H15ClF4N2O3. The van der Waals surface area contributed by atoms with E-state index in [1.54, 1.807) is 11.4 Å². The lowest BCUT2D eigenvalue weighted by molar-refractivity contribution is -0.213. The summed E-state index contributed by atoms with van der Waals surface area (Å²) in [5.41, 5.74) is -4.24. The van der Waals surface area contributed by atoms with Gasteiger partial charge in [0, 0.05) is 0 Å². The number of amides is 2. The third-order valence-corrected chi connectivity index (χ3v) is 4.04. The molecule has 2 aromatic carbocycles. The molecule has 0 radical (unpaired) electrons. The van der Waals surface area contributed by atoms with Gasteiger partial charge in [0.25, 0.3) is 5.54 Å². The van der Waals surface area contributed by atoms with Gasteiger partial charge < -0.3 is 15.4 Å². The van der Waals surface area contributed by atoms with Crippen LogP contribution in [0.4, 0.5) is 28.0 Å². The van der Waals surface area contributed by atoms with Gasteiger partial charge in [-0.3, -0.25) is 0 Å². The highest BCUT2D eigenvalue weighted by Gasteiger charge is 2.64. The lowest BCUT2D eigenvalue weighted by atomic mass is 9.89. The van der Waals surface area contributed by atoms with Crippen molar-refractivity contribution in [2.45, 2.75) is 18.6 Å². The van der Waals surface area contributed by atoms with E-state index in [-0.39, 0.29) is 17.3 Å². The highest BCUT2D eigenvalue weighted by molar-refractivity contribution is 6.33. The Morgan fingerprint density at radius 2 is 1.68 bits per heavy atom. The van der Waals surface area contributed by atoms with Crippen LogP contribution >= 0.6 is 11.6 Å². The topological polar surface area (TPSA) is 67.4 Å². The molecule has 5 nitrogen and oxygen atoms in total. The summed E-state index contributed by atoms with van der Waals surface area (Å²) in [7, 11) is 0. The number of nitrogens with one attached hydrogen (secondary N) is 2. The van der Waals surface area contributed by atoms with Crippen molar-refractivity contribution in [3.05, 3.63) is 64.9 Å². The number of hydrogen-bond donors (Lipinski definition) is 2. The van der Waals surface area contributed by atoms with E-state index in [1.165, 1.54) is 25.1 Å². The van der Waals surface area contributed by atoms with Crippen molar-refractivity contribution in [3.8, 4) is 0 Å². The highest BCUT2D eigenvalue weighted by Crippen LogP contribution is 2.40. The molecule has 0 aliphatic heterocycles. The molecule has 0 aromatic heterocycles. The van der Waals surface area contributed by atoms with Gasteiger partial charge in [0.15, 0.2) is 0 Å². The Labute approximate surface area is 162 Å². The Morgan fingerprint density at radius 1 is 1.07 bits per heavy atom. The zero-order valence-electron chi connectivity index (χ0n) is 14.4. The maximum absolute atomic E-state index is 14.1. The number of urea groups is 1. The molecule has 2 rings (SSSR count). The predicted molar refractivity (Wildman–Crippen MR) is 94.4 cm³/mol. The van der Waals surface area contributed by atoms with E-state index in [9.17, 15) is 27.2 Å². The zero-order valence-corrected chi connectivity index (χ0v) is 15.2. The van der Waals surface area contributed by atoms with Crippen LogP contribution in [-0.2, 0) is 15.1 Å². The van der Waals surface area contributed by atoms with Crippen molar-refractivity contribution in [1.29, 1.82) is 0 Å². The number of hydrogen-bond acceptors (Lipinski definition) is 3. The maximum atomic E-state index is 14.1. The second-order valence-corrected chi connectivity index (χ2v) is 5.94. The molecule has 0 heterocycles. The average Bonchev–Trinajstić information content (AvgIpc) is 2.61. The highest BCUT2D eigenvalue weighted by atomic mass is 35.5. The van der Waals surface area contributed by atoms with Crippen molar-refractivity contribution >= 4 is 29.3 Å². The standard InChI is InChI=1S/C18H15ClF4N2O3/c1-2-28-15(26)17(18(21,22)23,11-7-9-12(20)10-8-11)25-16(27)24-14-6-4-3-5-13(14)19/h3-10H,2H2,1H3,(H2,24,25,27)/t17-/m1/s1. The van der Waals surface area contributed by atoms with E-state index < -0.39 is 35.1 Å². The number of halogens is 5. The van der Waals surface area contributed by atoms with E-state index in [0.29, 0.717) is 0 Å². The SMILES string of the molecule is CCOC(=O)[C@](NC(=O)Nc1ccccc1Cl)(c1ccc(F)cc1)C(F)(F)F. The van der Waals surface area contributed by atoms with Gasteiger partial charge in [0.05, 0.1) is 17.3 Å². The van der Waals surface area contributed by atoms with Crippen LogP contribution in [0.1, 0.15) is 12.5 Å². The maximum Gasteiger partial charge on any atom is 0.426 e. The second-order valence-electron chi connectivity index (χ2n) is 5.53. The van der Waals surface area contributed by atoms with Crippen LogP contribution in [0.25, 0.3) is 0 Å². The molecular weight excluding hydrogens is 404 g/mol. The Bertz CT molecular complexity index is 859. The van der Waals surface area contributed by atoms with Crippen molar-refractivity contribution in [2.75, 3.05) is 11.9 Å². The zero-order chi connectivity index (χ0) is 20.9. The van der Waals surface area contributed by atoms with Crippen molar-refractivity contribution < 1.29 is 31.9 Å². The van der Waals surface area contributed by atoms with E-state index in [0.717, 1.165) is 24.3 Å². The van der Waals surface area contributed by atoms with E-state index in [2.05, 4.69) is 10.1 Å². The number of esters is 1. The Kier molecular flexibility index (Phi) is 6.50. The van der Waals surface area contributed by atoms with Crippen molar-refractivity contribution in [1.82, 2.24) is 5.32 Å². The molecule has 1 atom stereocenters. The fourth-order valence-electron chi connectivity index (χ4n) is 2.42. The number of rotatable bonds is 5. The number of benzene rings is 2. The molecule has 2 aromatic rings. The van der Waals surface area contributed by atoms with Crippen LogP contribution in [0, 0.1) is 5.82 Å². The molecule has 2 amide bonds. The van der Waals surface area contributed by atoms with E-state index in [1.807, 2.05) is 0 Å². The van der Waals surface area contributed by atoms with E-state index >= 15 is 0 Å². The quantitative estimate of drug-likeness (QED) is 0.550. The Hall–Kier alpha value is -2.81. The van der Waals surface area contributed by atoms with Crippen LogP contribution in [-0.4, -0.2) is 24.8 Å². The van der Waals surface area contributed by atoms with Crippen molar-refractivity contribution in [3.63, 3.8) is 0 Å². The molecule has 0 saturated carbocycles. The molecule has 10 heteroatoms. The first-order valence-electron chi connectivity index (χ1n) is 7.95. The van der Waals surface area contributed by atoms with Gasteiger partial charge in [-0.05, 0) is 36.8 Å². The largest absolute Gasteiger partial charge is 0.464 e. The van der Waals surface area contributed by atoms with Gasteiger partial charge >= 0.3 is 18.2 Å². The molecule has 28 heavy (non-hydrogen) atoms. The molecule has 0 aliphatic carbocycles. The first-order valence-corrected chi connectivity index (χ1v) is 8.33. The third-order valence-electron chi connectivity index (χ3n) is 3.71. The van der Waals surface area contributed by atoms with E-state index in [4.69, 9.17) is 11.6 Å². The summed E-state index contributed by atoms with van der Waals surface area (Å²) >= 11 is 5.88. The number of ether oxygens (including phenoxy) is 1. The number of anilines is 1. The fourth-order valence-corrected chi connectivity index (χ4v) is 2.60. The molecule has 0 fully saturated rings. The van der Waals surface area contributed by atoms with Crippen molar-refractivity contribution in [2.24, 2.45) is 0 Å². The third kappa shape index (κ3) is 4.36. The smallest absolute Gasteiger partial charge is 0.426 e. The number of carbonyl (C=O) groups is 2. The molecule has 150 valence electrons. The van der Waals surface area contributed by atoms with Crippen LogP contribution in [0.2, 0.25) is 5.02 Å². The second kappa shape index (κ2) is 8.47. The molecule has 2 N–H and O–H groups in total. The number of alkyl halides is 3. The first kappa shape index (κ1) is 21.5. The van der Waals surface area contributed by atoms with Crippen LogP contribution in [0.3, 0.4) is 0 Å². The van der Waals surface area contributed by atoms with Gasteiger partial charge in [-0.2, -0.15) is 13.2 Å². The monoisotopic (exact) mass is 418 g/mol. The minimum Gasteiger partial charge on any atom is -0.464 e. The summed E-state index contributed by atoms with van der Waals surface area (Å²) in [6.07, 6.45) is -5.30. The normalized spacial score (nSPS) is 13.4. The molecule has 0 bridgehead atoms. The van der Waals surface area contributed by atoms with Gasteiger partial charge in [0.1, 0.15) is 5.82 Å². The Morgan fingerprint density at radius 3 is 2.21 bits per heavy atom. The summed E-state index contributed by atoms with van der Waals surface area (Å²) in [5.74, 6) is -2.58. The summed E-state index contributed by atoms with van der Waals surface area (Å²) in [5, 5.41) is 3.86. The first-order chi connectivity index (χ1) is 13.1. The van der Waals surface area contributed by atoms with Gasteiger partial charge in [-0.15, -0.1) is 0 Å². The van der Waals surface area contributed by atoms with Gasteiger partial charge in [0.2, 0.25) is 0 Å². The summed E-state index contributed by atoms with van der Waals surface area (Å²) in [6.45, 7) is 0.944. The summed E-state index contributed by atoms with van der Waals surface area (Å²) in [6, 6.07) is 7.45. The molecule has 0 unspecified atom stereocenters. The minimum absolute atomic E-state index is 0.0284. The number of para-hydroxylation sites is 1. The van der Waals surface area contributed by atoms with Crippen LogP contribution < -0.4 is 10.6 Å².